The number of allylic oxidation sites excluding steroid dienone is 1. The van der Waals surface area contributed by atoms with Gasteiger partial charge in [0.1, 0.15) is 0 Å². The highest BCUT2D eigenvalue weighted by Crippen LogP contribution is 1.97. The zero-order valence-electron chi connectivity index (χ0n) is 5.34. The Labute approximate surface area is 52.9 Å². The number of hydrogen-bond acceptors (Lipinski definition) is 3. The van der Waals surface area contributed by atoms with Crippen LogP contribution in [0.4, 0.5) is 0 Å². The minimum Gasteiger partial charge on any atom is -0.489 e. The maximum Gasteiger partial charge on any atom is 0.373 e. The van der Waals surface area contributed by atoms with Crippen LogP contribution in [0.1, 0.15) is 6.92 Å². The van der Waals surface area contributed by atoms with Gasteiger partial charge in [0.05, 0.1) is 12.8 Å². The van der Waals surface area contributed by atoms with Crippen molar-refractivity contribution in [1.82, 2.24) is 0 Å². The number of carbonyl (C=O) groups is 1. The Morgan fingerprint density at radius 1 is 1.67 bits per heavy atom. The van der Waals surface area contributed by atoms with E-state index in [1.54, 1.807) is 0 Å². The summed E-state index contributed by atoms with van der Waals surface area (Å²) in [7, 11) is 1.26. The van der Waals surface area contributed by atoms with E-state index >= 15 is 0 Å². The highest BCUT2D eigenvalue weighted by atomic mass is 16.5. The lowest BCUT2D eigenvalue weighted by atomic mass is 10.4. The maximum atomic E-state index is 10.1. The van der Waals surface area contributed by atoms with Crippen LogP contribution in [0.15, 0.2) is 11.5 Å². The average Bonchev–Trinajstić information content (AvgIpc) is 1.64. The zero-order valence-corrected chi connectivity index (χ0v) is 5.34. The molecule has 0 atom stereocenters. The molecule has 0 rings (SSSR count). The summed E-state index contributed by atoms with van der Waals surface area (Å²) in [6.07, 6.45) is 0. The molecule has 0 fully saturated rings. The van der Waals surface area contributed by atoms with Gasteiger partial charge in [-0.1, -0.05) is 0 Å². The van der Waals surface area contributed by atoms with Crippen molar-refractivity contribution in [3.05, 3.63) is 11.5 Å². The molecule has 3 N–H and O–H groups in total. The summed E-state index contributed by atoms with van der Waals surface area (Å²) < 4.78 is 4.43. The number of carboxylic acids is 1. The molecule has 4 nitrogen and oxygen atoms in total. The summed E-state index contributed by atoms with van der Waals surface area (Å²) in [5.41, 5.74) is 5.29. The monoisotopic (exact) mass is 131 g/mol. The van der Waals surface area contributed by atoms with Gasteiger partial charge < -0.3 is 15.6 Å². The molecule has 0 aliphatic carbocycles. The smallest absolute Gasteiger partial charge is 0.373 e. The van der Waals surface area contributed by atoms with Crippen molar-refractivity contribution >= 4 is 5.97 Å². The van der Waals surface area contributed by atoms with Crippen LogP contribution in [0.3, 0.4) is 0 Å². The maximum absolute atomic E-state index is 10.1. The zero-order chi connectivity index (χ0) is 7.44. The van der Waals surface area contributed by atoms with Gasteiger partial charge in [-0.05, 0) is 6.92 Å². The number of rotatable bonds is 2. The summed E-state index contributed by atoms with van der Waals surface area (Å²) in [5, 5.41) is 8.28. The molecule has 0 aromatic rings. The molecule has 4 heteroatoms. The van der Waals surface area contributed by atoms with Gasteiger partial charge >= 0.3 is 5.97 Å². The van der Waals surface area contributed by atoms with Crippen LogP contribution in [-0.2, 0) is 9.53 Å². The Hall–Kier alpha value is -1.19. The number of hydrogen-bond donors (Lipinski definition) is 2. The molecule has 0 amide bonds. The van der Waals surface area contributed by atoms with Crippen molar-refractivity contribution in [2.24, 2.45) is 5.73 Å². The third-order valence-electron chi connectivity index (χ3n) is 0.757. The van der Waals surface area contributed by atoms with Crippen molar-refractivity contribution < 1.29 is 14.6 Å². The molecular formula is C5H9NO3. The molecule has 0 aromatic carbocycles. The summed E-state index contributed by atoms with van der Waals surface area (Å²) in [4.78, 5) is 10.1. The summed E-state index contributed by atoms with van der Waals surface area (Å²) in [6, 6.07) is 0. The van der Waals surface area contributed by atoms with Crippen LogP contribution in [0.5, 0.6) is 0 Å². The molecule has 0 unspecified atom stereocenters. The van der Waals surface area contributed by atoms with E-state index in [0.29, 0.717) is 0 Å². The van der Waals surface area contributed by atoms with E-state index in [0.717, 1.165) is 0 Å². The first-order valence-electron chi connectivity index (χ1n) is 2.33. The van der Waals surface area contributed by atoms with E-state index in [-0.39, 0.29) is 11.5 Å². The molecule has 0 bridgehead atoms. The van der Waals surface area contributed by atoms with Gasteiger partial charge in [-0.2, -0.15) is 0 Å². The highest BCUT2D eigenvalue weighted by Gasteiger charge is 2.07. The molecular weight excluding hydrogens is 122 g/mol. The molecule has 0 aromatic heterocycles. The molecule has 0 radical (unpaired) electrons. The van der Waals surface area contributed by atoms with Crippen molar-refractivity contribution in [3.8, 4) is 0 Å². The van der Waals surface area contributed by atoms with Gasteiger partial charge in [-0.25, -0.2) is 4.79 Å². The van der Waals surface area contributed by atoms with Crippen LogP contribution in [0, 0.1) is 0 Å². The van der Waals surface area contributed by atoms with Gasteiger partial charge in [-0.3, -0.25) is 0 Å². The normalized spacial score (nSPS) is 12.2. The van der Waals surface area contributed by atoms with E-state index in [1.165, 1.54) is 14.0 Å². The first-order chi connectivity index (χ1) is 4.09. The first kappa shape index (κ1) is 7.81. The topological polar surface area (TPSA) is 72.5 Å². The predicted molar refractivity (Wildman–Crippen MR) is 31.5 cm³/mol. The summed E-state index contributed by atoms with van der Waals surface area (Å²) in [5.74, 6) is -1.34. The third-order valence-corrected chi connectivity index (χ3v) is 0.757. The Morgan fingerprint density at radius 3 is 2.11 bits per heavy atom. The largest absolute Gasteiger partial charge is 0.489 e. The Bertz CT molecular complexity index is 146. The number of methoxy groups -OCH3 is 1. The molecule has 0 spiro atoms. The fraction of sp³-hybridized carbons (Fsp3) is 0.400. The van der Waals surface area contributed by atoms with Crippen LogP contribution < -0.4 is 5.73 Å². The number of carboxylic acid groups (broad SMARTS) is 1. The van der Waals surface area contributed by atoms with Gasteiger partial charge in [0.15, 0.2) is 0 Å². The fourth-order valence-electron chi connectivity index (χ4n) is 0.417. The summed E-state index contributed by atoms with van der Waals surface area (Å²) in [6.45, 7) is 1.47. The summed E-state index contributed by atoms with van der Waals surface area (Å²) >= 11 is 0. The van der Waals surface area contributed by atoms with Gasteiger partial charge in [0, 0.05) is 0 Å². The second-order valence-corrected chi connectivity index (χ2v) is 1.52. The highest BCUT2D eigenvalue weighted by molar-refractivity contribution is 5.84. The average molecular weight is 131 g/mol. The van der Waals surface area contributed by atoms with Gasteiger partial charge in [0.2, 0.25) is 5.76 Å². The second-order valence-electron chi connectivity index (χ2n) is 1.52. The second kappa shape index (κ2) is 2.96. The molecule has 9 heavy (non-hydrogen) atoms. The molecule has 0 aliphatic heterocycles. The van der Waals surface area contributed by atoms with E-state index < -0.39 is 5.97 Å². The quantitative estimate of drug-likeness (QED) is 0.405. The SMILES string of the molecule is CO/C(C(=O)O)=C(\C)N. The van der Waals surface area contributed by atoms with E-state index in [9.17, 15) is 4.79 Å². The van der Waals surface area contributed by atoms with E-state index in [4.69, 9.17) is 10.8 Å². The third kappa shape index (κ3) is 2.03. The first-order valence-corrected chi connectivity index (χ1v) is 2.33. The molecule has 0 saturated heterocycles. The van der Waals surface area contributed by atoms with Crippen molar-refractivity contribution in [3.63, 3.8) is 0 Å². The van der Waals surface area contributed by atoms with Gasteiger partial charge in [0.25, 0.3) is 0 Å². The lowest BCUT2D eigenvalue weighted by Crippen LogP contribution is -2.09. The van der Waals surface area contributed by atoms with Crippen LogP contribution in [-0.4, -0.2) is 18.2 Å². The molecule has 0 saturated carbocycles. The van der Waals surface area contributed by atoms with Crippen molar-refractivity contribution in [2.75, 3.05) is 7.11 Å². The van der Waals surface area contributed by atoms with Crippen LogP contribution in [0.25, 0.3) is 0 Å². The molecule has 0 aliphatic rings. The molecule has 52 valence electrons. The number of nitrogens with two attached hydrogens (primary N) is 1. The van der Waals surface area contributed by atoms with Crippen molar-refractivity contribution in [1.29, 1.82) is 0 Å². The Morgan fingerprint density at radius 2 is 2.11 bits per heavy atom. The minimum absolute atomic E-state index is 0.171. The molecule has 0 heterocycles. The number of ether oxygens (including phenoxy) is 1. The Kier molecular flexibility index (Phi) is 2.57. The van der Waals surface area contributed by atoms with E-state index in [1.807, 2.05) is 0 Å². The predicted octanol–water partition coefficient (Wildman–Crippen LogP) is -0.0924. The minimum atomic E-state index is -1.14. The van der Waals surface area contributed by atoms with Crippen LogP contribution >= 0.6 is 0 Å². The van der Waals surface area contributed by atoms with E-state index in [2.05, 4.69) is 4.74 Å². The van der Waals surface area contributed by atoms with Crippen molar-refractivity contribution in [2.45, 2.75) is 6.92 Å². The lowest BCUT2D eigenvalue weighted by Gasteiger charge is -2.00. The number of aliphatic carboxylic acids is 1. The Balaban J connectivity index is 4.35. The van der Waals surface area contributed by atoms with Crippen LogP contribution in [0.2, 0.25) is 0 Å². The lowest BCUT2D eigenvalue weighted by molar-refractivity contribution is -0.136. The van der Waals surface area contributed by atoms with Gasteiger partial charge in [-0.15, -0.1) is 0 Å². The fourth-order valence-corrected chi connectivity index (χ4v) is 0.417. The standard InChI is InChI=1S/C5H9NO3/c1-3(6)4(9-2)5(7)8/h6H2,1-2H3,(H,7,8)/b4-3+.